The molecule has 1 atom stereocenters. The predicted molar refractivity (Wildman–Crippen MR) is 85.9 cm³/mol. The Balaban J connectivity index is 2.69. The number of hydrogen-bond donors (Lipinski definition) is 1. The van der Waals surface area contributed by atoms with Gasteiger partial charge in [-0.05, 0) is 49.9 Å². The van der Waals surface area contributed by atoms with E-state index in [2.05, 4.69) is 43.3 Å². The smallest absolute Gasteiger partial charge is 0.119 e. The first kappa shape index (κ1) is 16.6. The Morgan fingerprint density at radius 2 is 2.15 bits per heavy atom. The normalized spacial score (nSPS) is 11.8. The molecule has 0 aliphatic rings. The molecular formula is C18H27NO. The van der Waals surface area contributed by atoms with E-state index in [1.54, 1.807) is 0 Å². The fourth-order valence-electron chi connectivity index (χ4n) is 2.15. The van der Waals surface area contributed by atoms with Crippen molar-refractivity contribution in [1.29, 1.82) is 0 Å². The van der Waals surface area contributed by atoms with Crippen molar-refractivity contribution in [3.8, 4) is 18.1 Å². The van der Waals surface area contributed by atoms with Crippen LogP contribution in [0.5, 0.6) is 5.75 Å². The number of unbranched alkanes of at least 4 members (excludes halogenated alkanes) is 1. The van der Waals surface area contributed by atoms with Gasteiger partial charge in [0, 0.05) is 12.5 Å². The summed E-state index contributed by atoms with van der Waals surface area (Å²) in [5, 5.41) is 3.60. The third kappa shape index (κ3) is 6.12. The molecule has 0 aliphatic heterocycles. The Labute approximate surface area is 123 Å². The fraction of sp³-hybridized carbons (Fsp3) is 0.556. The molecule has 110 valence electrons. The lowest BCUT2D eigenvalue weighted by molar-refractivity contribution is 0.316. The maximum absolute atomic E-state index is 5.72. The van der Waals surface area contributed by atoms with E-state index in [1.807, 2.05) is 6.07 Å². The van der Waals surface area contributed by atoms with Crippen LogP contribution in [-0.2, 0) is 0 Å². The second-order valence-electron chi connectivity index (χ2n) is 5.02. The molecule has 2 heteroatoms. The summed E-state index contributed by atoms with van der Waals surface area (Å²) in [5.41, 5.74) is 1.30. The van der Waals surface area contributed by atoms with Gasteiger partial charge in [-0.2, -0.15) is 0 Å². The van der Waals surface area contributed by atoms with Crippen molar-refractivity contribution in [2.45, 2.75) is 52.0 Å². The Morgan fingerprint density at radius 1 is 1.30 bits per heavy atom. The zero-order chi connectivity index (χ0) is 14.6. The van der Waals surface area contributed by atoms with E-state index >= 15 is 0 Å². The highest BCUT2D eigenvalue weighted by Crippen LogP contribution is 2.23. The van der Waals surface area contributed by atoms with Crippen LogP contribution >= 0.6 is 0 Å². The second kappa shape index (κ2) is 10.3. The molecule has 1 aromatic rings. The Bertz CT molecular complexity index is 408. The summed E-state index contributed by atoms with van der Waals surface area (Å²) in [6.45, 7) is 6.11. The summed E-state index contributed by atoms with van der Waals surface area (Å²) in [4.78, 5) is 0. The predicted octanol–water partition coefficient (Wildman–Crippen LogP) is 4.32. The van der Waals surface area contributed by atoms with Gasteiger partial charge in [0.15, 0.2) is 0 Å². The van der Waals surface area contributed by atoms with E-state index in [1.165, 1.54) is 5.56 Å². The van der Waals surface area contributed by atoms with E-state index in [-0.39, 0.29) is 0 Å². The van der Waals surface area contributed by atoms with Crippen LogP contribution in [0.3, 0.4) is 0 Å². The van der Waals surface area contributed by atoms with Crippen molar-refractivity contribution in [3.63, 3.8) is 0 Å². The van der Waals surface area contributed by atoms with Crippen LogP contribution in [0.15, 0.2) is 24.3 Å². The van der Waals surface area contributed by atoms with Crippen molar-refractivity contribution >= 4 is 0 Å². The number of ether oxygens (including phenoxy) is 1. The third-order valence-corrected chi connectivity index (χ3v) is 3.19. The van der Waals surface area contributed by atoms with Crippen molar-refractivity contribution in [2.75, 3.05) is 13.2 Å². The van der Waals surface area contributed by atoms with Crippen LogP contribution < -0.4 is 10.1 Å². The molecule has 0 heterocycles. The molecule has 0 fully saturated rings. The van der Waals surface area contributed by atoms with Crippen LogP contribution in [0.4, 0.5) is 0 Å². The summed E-state index contributed by atoms with van der Waals surface area (Å²) in [6, 6.07) is 8.79. The molecule has 1 unspecified atom stereocenters. The minimum Gasteiger partial charge on any atom is -0.494 e. The molecule has 1 rings (SSSR count). The quantitative estimate of drug-likeness (QED) is 0.506. The molecule has 0 amide bonds. The molecule has 0 aromatic heterocycles. The molecule has 1 aromatic carbocycles. The molecule has 0 aliphatic carbocycles. The highest BCUT2D eigenvalue weighted by atomic mass is 16.5. The van der Waals surface area contributed by atoms with Gasteiger partial charge in [0.25, 0.3) is 0 Å². The van der Waals surface area contributed by atoms with Gasteiger partial charge in [-0.25, -0.2) is 0 Å². The maximum Gasteiger partial charge on any atom is 0.119 e. The second-order valence-corrected chi connectivity index (χ2v) is 5.02. The topological polar surface area (TPSA) is 21.3 Å². The number of nitrogens with one attached hydrogen (secondary N) is 1. The standard InChI is InChI=1S/C18H27NO/c1-4-7-8-12-18(19-13-5-2)16-10-9-11-17(15-16)20-14-6-3/h1,9-11,15,18-19H,5-8,12-14H2,2-3H3. The molecule has 0 radical (unpaired) electrons. The molecule has 0 saturated carbocycles. The summed E-state index contributed by atoms with van der Waals surface area (Å²) < 4.78 is 5.72. The summed E-state index contributed by atoms with van der Waals surface area (Å²) in [7, 11) is 0. The number of hydrogen-bond acceptors (Lipinski definition) is 2. The van der Waals surface area contributed by atoms with Gasteiger partial charge < -0.3 is 10.1 Å². The van der Waals surface area contributed by atoms with E-state index in [4.69, 9.17) is 11.2 Å². The highest BCUT2D eigenvalue weighted by Gasteiger charge is 2.11. The Morgan fingerprint density at radius 3 is 2.85 bits per heavy atom. The van der Waals surface area contributed by atoms with Crippen LogP contribution in [0, 0.1) is 12.3 Å². The van der Waals surface area contributed by atoms with Crippen LogP contribution in [-0.4, -0.2) is 13.2 Å². The number of benzene rings is 1. The van der Waals surface area contributed by atoms with Gasteiger partial charge in [0.2, 0.25) is 0 Å². The zero-order valence-electron chi connectivity index (χ0n) is 12.8. The van der Waals surface area contributed by atoms with Crippen molar-refractivity contribution < 1.29 is 4.74 Å². The zero-order valence-corrected chi connectivity index (χ0v) is 12.8. The summed E-state index contributed by atoms with van der Waals surface area (Å²) >= 11 is 0. The van der Waals surface area contributed by atoms with Crippen molar-refractivity contribution in [1.82, 2.24) is 5.32 Å². The SMILES string of the molecule is C#CCCCC(NCCC)c1cccc(OCCC)c1. The first-order chi connectivity index (χ1) is 9.81. The lowest BCUT2D eigenvalue weighted by Crippen LogP contribution is -2.22. The van der Waals surface area contributed by atoms with Crippen LogP contribution in [0.2, 0.25) is 0 Å². The minimum absolute atomic E-state index is 0.369. The molecule has 0 saturated heterocycles. The Hall–Kier alpha value is -1.46. The van der Waals surface area contributed by atoms with Crippen LogP contribution in [0.1, 0.15) is 57.6 Å². The number of terminal acetylenes is 1. The average molecular weight is 273 g/mol. The lowest BCUT2D eigenvalue weighted by atomic mass is 10.0. The Kier molecular flexibility index (Phi) is 8.58. The molecule has 2 nitrogen and oxygen atoms in total. The summed E-state index contributed by atoms with van der Waals surface area (Å²) in [5.74, 6) is 3.68. The first-order valence-electron chi connectivity index (χ1n) is 7.71. The largest absolute Gasteiger partial charge is 0.494 e. The highest BCUT2D eigenvalue weighted by molar-refractivity contribution is 5.30. The molecule has 20 heavy (non-hydrogen) atoms. The fourth-order valence-corrected chi connectivity index (χ4v) is 2.15. The molecule has 0 spiro atoms. The monoisotopic (exact) mass is 273 g/mol. The van der Waals surface area contributed by atoms with Crippen molar-refractivity contribution in [2.24, 2.45) is 0 Å². The van der Waals surface area contributed by atoms with E-state index in [9.17, 15) is 0 Å². The van der Waals surface area contributed by atoms with Crippen molar-refractivity contribution in [3.05, 3.63) is 29.8 Å². The molecule has 1 N–H and O–H groups in total. The first-order valence-corrected chi connectivity index (χ1v) is 7.71. The van der Waals surface area contributed by atoms with E-state index < -0.39 is 0 Å². The number of rotatable bonds is 10. The van der Waals surface area contributed by atoms with E-state index in [0.717, 1.165) is 51.0 Å². The van der Waals surface area contributed by atoms with Gasteiger partial charge in [-0.15, -0.1) is 12.3 Å². The van der Waals surface area contributed by atoms with Crippen LogP contribution in [0.25, 0.3) is 0 Å². The molecular weight excluding hydrogens is 246 g/mol. The van der Waals surface area contributed by atoms with Gasteiger partial charge in [0.05, 0.1) is 6.61 Å². The van der Waals surface area contributed by atoms with E-state index in [0.29, 0.717) is 6.04 Å². The third-order valence-electron chi connectivity index (χ3n) is 3.19. The lowest BCUT2D eigenvalue weighted by Gasteiger charge is -2.19. The van der Waals surface area contributed by atoms with Gasteiger partial charge in [-0.3, -0.25) is 0 Å². The van der Waals surface area contributed by atoms with Gasteiger partial charge in [-0.1, -0.05) is 26.0 Å². The van der Waals surface area contributed by atoms with Gasteiger partial charge in [0.1, 0.15) is 5.75 Å². The minimum atomic E-state index is 0.369. The van der Waals surface area contributed by atoms with Gasteiger partial charge >= 0.3 is 0 Å². The maximum atomic E-state index is 5.72. The average Bonchev–Trinajstić information content (AvgIpc) is 2.49. The molecule has 0 bridgehead atoms. The summed E-state index contributed by atoms with van der Waals surface area (Å²) in [6.07, 6.45) is 10.5.